The van der Waals surface area contributed by atoms with E-state index in [9.17, 15) is 5.11 Å². The fraction of sp³-hybridized carbons (Fsp3) is 0.500. The van der Waals surface area contributed by atoms with Crippen LogP contribution in [0.15, 0.2) is 18.2 Å². The van der Waals surface area contributed by atoms with Gasteiger partial charge in [-0.2, -0.15) is 0 Å². The molecule has 1 atom stereocenters. The maximum atomic E-state index is 9.45. The van der Waals surface area contributed by atoms with Crippen LogP contribution >= 0.6 is 0 Å². The molecule has 1 unspecified atom stereocenters. The quantitative estimate of drug-likeness (QED) is 0.776. The molecule has 90 valence electrons. The lowest BCUT2D eigenvalue weighted by molar-refractivity contribution is 0.183. The normalized spacial score (nSPS) is 12.0. The van der Waals surface area contributed by atoms with Crippen LogP contribution in [0.2, 0.25) is 0 Å². The molecule has 0 saturated heterocycles. The molecule has 0 bridgehead atoms. The molecule has 1 aromatic rings. The van der Waals surface area contributed by atoms with Gasteiger partial charge in [-0.1, -0.05) is 6.92 Å². The summed E-state index contributed by atoms with van der Waals surface area (Å²) in [6.07, 6.45) is 0.394. The van der Waals surface area contributed by atoms with E-state index < -0.39 is 0 Å². The SMILES string of the molecule is CCC(O)CNc1cc(OC)cc(OC)c1. The third kappa shape index (κ3) is 3.62. The van der Waals surface area contributed by atoms with Crippen molar-refractivity contribution in [2.75, 3.05) is 26.1 Å². The standard InChI is InChI=1S/C12H19NO3/c1-4-10(14)8-13-9-5-11(15-2)7-12(6-9)16-3/h5-7,10,13-14H,4,8H2,1-3H3. The van der Waals surface area contributed by atoms with E-state index in [4.69, 9.17) is 9.47 Å². The fourth-order valence-electron chi connectivity index (χ4n) is 1.29. The van der Waals surface area contributed by atoms with Gasteiger partial charge in [0.1, 0.15) is 11.5 Å². The second-order valence-electron chi connectivity index (χ2n) is 3.54. The number of ether oxygens (including phenoxy) is 2. The lowest BCUT2D eigenvalue weighted by Gasteiger charge is -2.13. The first-order chi connectivity index (χ1) is 7.69. The van der Waals surface area contributed by atoms with Crippen LogP contribution in [0.5, 0.6) is 11.5 Å². The molecular formula is C12H19NO3. The van der Waals surface area contributed by atoms with Crippen molar-refractivity contribution in [1.29, 1.82) is 0 Å². The monoisotopic (exact) mass is 225 g/mol. The van der Waals surface area contributed by atoms with Crippen molar-refractivity contribution >= 4 is 5.69 Å². The molecule has 0 aliphatic carbocycles. The van der Waals surface area contributed by atoms with E-state index in [2.05, 4.69) is 5.32 Å². The van der Waals surface area contributed by atoms with Gasteiger partial charge in [-0.3, -0.25) is 0 Å². The topological polar surface area (TPSA) is 50.7 Å². The van der Waals surface area contributed by atoms with Gasteiger partial charge in [0.05, 0.1) is 20.3 Å². The Kier molecular flexibility index (Phi) is 4.92. The summed E-state index contributed by atoms with van der Waals surface area (Å²) < 4.78 is 10.3. The van der Waals surface area contributed by atoms with Crippen LogP contribution in [-0.4, -0.2) is 32.0 Å². The highest BCUT2D eigenvalue weighted by molar-refractivity contribution is 5.53. The second kappa shape index (κ2) is 6.23. The van der Waals surface area contributed by atoms with Gasteiger partial charge in [0.2, 0.25) is 0 Å². The summed E-state index contributed by atoms with van der Waals surface area (Å²) in [6, 6.07) is 5.54. The minimum atomic E-state index is -0.336. The van der Waals surface area contributed by atoms with Gasteiger partial charge in [0, 0.05) is 30.4 Å². The molecule has 0 aliphatic heterocycles. The molecule has 0 amide bonds. The highest BCUT2D eigenvalue weighted by Crippen LogP contribution is 2.25. The molecule has 0 aliphatic rings. The zero-order chi connectivity index (χ0) is 12.0. The summed E-state index contributed by atoms with van der Waals surface area (Å²) in [5.74, 6) is 1.46. The van der Waals surface area contributed by atoms with E-state index in [1.165, 1.54) is 0 Å². The summed E-state index contributed by atoms with van der Waals surface area (Å²) in [6.45, 7) is 2.46. The highest BCUT2D eigenvalue weighted by Gasteiger charge is 2.04. The van der Waals surface area contributed by atoms with Crippen LogP contribution in [-0.2, 0) is 0 Å². The van der Waals surface area contributed by atoms with Gasteiger partial charge in [-0.05, 0) is 6.42 Å². The van der Waals surface area contributed by atoms with Crippen molar-refractivity contribution in [2.24, 2.45) is 0 Å². The van der Waals surface area contributed by atoms with Gasteiger partial charge in [0.15, 0.2) is 0 Å². The third-order valence-corrected chi connectivity index (χ3v) is 2.36. The first kappa shape index (κ1) is 12.6. The van der Waals surface area contributed by atoms with Gasteiger partial charge in [-0.25, -0.2) is 0 Å². The molecule has 0 saturated carbocycles. The van der Waals surface area contributed by atoms with Crippen LogP contribution in [0, 0.1) is 0 Å². The van der Waals surface area contributed by atoms with Crippen LogP contribution in [0.4, 0.5) is 5.69 Å². The molecule has 0 spiro atoms. The minimum absolute atomic E-state index is 0.336. The summed E-state index contributed by atoms with van der Waals surface area (Å²) in [7, 11) is 3.22. The minimum Gasteiger partial charge on any atom is -0.497 e. The van der Waals surface area contributed by atoms with Gasteiger partial charge in [-0.15, -0.1) is 0 Å². The van der Waals surface area contributed by atoms with Crippen molar-refractivity contribution in [3.63, 3.8) is 0 Å². The van der Waals surface area contributed by atoms with Crippen molar-refractivity contribution in [3.8, 4) is 11.5 Å². The molecule has 1 aromatic carbocycles. The van der Waals surface area contributed by atoms with Gasteiger partial charge < -0.3 is 19.9 Å². The molecule has 0 aromatic heterocycles. The summed E-state index contributed by atoms with van der Waals surface area (Å²) in [5.41, 5.74) is 0.878. The van der Waals surface area contributed by atoms with Crippen molar-refractivity contribution in [1.82, 2.24) is 0 Å². The number of aliphatic hydroxyl groups is 1. The Hall–Kier alpha value is -1.42. The molecule has 0 heterocycles. The van der Waals surface area contributed by atoms with Crippen molar-refractivity contribution < 1.29 is 14.6 Å². The number of anilines is 1. The van der Waals surface area contributed by atoms with E-state index in [0.29, 0.717) is 6.54 Å². The van der Waals surface area contributed by atoms with E-state index in [-0.39, 0.29) is 6.10 Å². The first-order valence-corrected chi connectivity index (χ1v) is 5.34. The number of benzene rings is 1. The Morgan fingerprint density at radius 1 is 1.19 bits per heavy atom. The Bertz CT molecular complexity index is 306. The molecule has 1 rings (SSSR count). The molecule has 4 nitrogen and oxygen atoms in total. The Balaban J connectivity index is 2.71. The number of aliphatic hydroxyl groups excluding tert-OH is 1. The second-order valence-corrected chi connectivity index (χ2v) is 3.54. The molecule has 0 radical (unpaired) electrons. The first-order valence-electron chi connectivity index (χ1n) is 5.34. The predicted octanol–water partition coefficient (Wildman–Crippen LogP) is 1.89. The third-order valence-electron chi connectivity index (χ3n) is 2.36. The maximum Gasteiger partial charge on any atom is 0.124 e. The largest absolute Gasteiger partial charge is 0.497 e. The number of nitrogens with one attached hydrogen (secondary N) is 1. The van der Waals surface area contributed by atoms with Crippen molar-refractivity contribution in [2.45, 2.75) is 19.4 Å². The molecule has 16 heavy (non-hydrogen) atoms. The molecule has 0 fully saturated rings. The van der Waals surface area contributed by atoms with Crippen LogP contribution in [0.25, 0.3) is 0 Å². The lowest BCUT2D eigenvalue weighted by Crippen LogP contribution is -2.18. The number of rotatable bonds is 6. The zero-order valence-corrected chi connectivity index (χ0v) is 9.99. The van der Waals surface area contributed by atoms with E-state index in [0.717, 1.165) is 23.6 Å². The summed E-state index contributed by atoms with van der Waals surface area (Å²) in [5, 5.41) is 12.6. The smallest absolute Gasteiger partial charge is 0.124 e. The van der Waals surface area contributed by atoms with Gasteiger partial charge >= 0.3 is 0 Å². The summed E-state index contributed by atoms with van der Waals surface area (Å²) in [4.78, 5) is 0. The maximum absolute atomic E-state index is 9.45. The molecule has 4 heteroatoms. The Labute approximate surface area is 96.2 Å². The van der Waals surface area contributed by atoms with Crippen molar-refractivity contribution in [3.05, 3.63) is 18.2 Å². The molecular weight excluding hydrogens is 206 g/mol. The van der Waals surface area contributed by atoms with E-state index >= 15 is 0 Å². The average Bonchev–Trinajstić information content (AvgIpc) is 2.35. The zero-order valence-electron chi connectivity index (χ0n) is 9.99. The Morgan fingerprint density at radius 3 is 2.19 bits per heavy atom. The van der Waals surface area contributed by atoms with Gasteiger partial charge in [0.25, 0.3) is 0 Å². The van der Waals surface area contributed by atoms with E-state index in [1.54, 1.807) is 20.3 Å². The fourth-order valence-corrected chi connectivity index (χ4v) is 1.29. The number of methoxy groups -OCH3 is 2. The molecule has 2 N–H and O–H groups in total. The van der Waals surface area contributed by atoms with Crippen LogP contribution < -0.4 is 14.8 Å². The van der Waals surface area contributed by atoms with Crippen LogP contribution in [0.1, 0.15) is 13.3 Å². The number of hydrogen-bond donors (Lipinski definition) is 2. The predicted molar refractivity (Wildman–Crippen MR) is 64.3 cm³/mol. The Morgan fingerprint density at radius 2 is 1.75 bits per heavy atom. The summed E-state index contributed by atoms with van der Waals surface area (Å²) >= 11 is 0. The van der Waals surface area contributed by atoms with E-state index in [1.807, 2.05) is 19.1 Å². The lowest BCUT2D eigenvalue weighted by atomic mass is 10.2. The number of hydrogen-bond acceptors (Lipinski definition) is 4. The average molecular weight is 225 g/mol. The highest BCUT2D eigenvalue weighted by atomic mass is 16.5. The van der Waals surface area contributed by atoms with Crippen LogP contribution in [0.3, 0.4) is 0 Å².